The van der Waals surface area contributed by atoms with Gasteiger partial charge in [0.15, 0.2) is 0 Å². The van der Waals surface area contributed by atoms with Gasteiger partial charge in [0.05, 0.1) is 0 Å². The highest BCUT2D eigenvalue weighted by molar-refractivity contribution is 5.42. The first-order valence-corrected chi connectivity index (χ1v) is 3.92. The predicted octanol–water partition coefficient (Wildman–Crippen LogP) is 0.205. The number of nitrogen functional groups attached to an aromatic ring is 1. The molecule has 3 N–H and O–H groups in total. The number of aliphatic hydroxyl groups is 1. The Morgan fingerprint density at radius 2 is 2.23 bits per heavy atom. The van der Waals surface area contributed by atoms with Crippen molar-refractivity contribution in [1.82, 2.24) is 9.88 Å². The van der Waals surface area contributed by atoms with E-state index in [2.05, 4.69) is 11.9 Å². The van der Waals surface area contributed by atoms with Crippen LogP contribution in [0.2, 0.25) is 0 Å². The van der Waals surface area contributed by atoms with E-state index in [1.54, 1.807) is 37.3 Å². The second-order valence-corrected chi connectivity index (χ2v) is 3.15. The van der Waals surface area contributed by atoms with Gasteiger partial charge in [0.1, 0.15) is 11.5 Å². The van der Waals surface area contributed by atoms with E-state index in [0.29, 0.717) is 11.4 Å². The second-order valence-electron chi connectivity index (χ2n) is 3.15. The zero-order valence-corrected chi connectivity index (χ0v) is 7.86. The van der Waals surface area contributed by atoms with Gasteiger partial charge in [0.2, 0.25) is 0 Å². The third kappa shape index (κ3) is 1.79. The molecule has 1 radical (unpaired) electrons. The lowest BCUT2D eigenvalue weighted by Gasteiger charge is -2.31. The Hall–Kier alpha value is -1.13. The third-order valence-electron chi connectivity index (χ3n) is 2.01. The fraction of sp³-hybridized carbons (Fsp3) is 0.333. The summed E-state index contributed by atoms with van der Waals surface area (Å²) >= 11 is 0. The van der Waals surface area contributed by atoms with Crippen molar-refractivity contribution in [1.29, 1.82) is 0 Å². The van der Waals surface area contributed by atoms with Crippen LogP contribution in [0.5, 0.6) is 0 Å². The highest BCUT2D eigenvalue weighted by atomic mass is 16.3. The number of nitrogens with two attached hydrogens (primary N) is 1. The number of aromatic nitrogens is 1. The van der Waals surface area contributed by atoms with Crippen molar-refractivity contribution < 1.29 is 5.11 Å². The van der Waals surface area contributed by atoms with Crippen LogP contribution in [0.25, 0.3) is 0 Å². The van der Waals surface area contributed by atoms with Crippen molar-refractivity contribution in [3.05, 3.63) is 30.8 Å². The molecule has 1 atom stereocenters. The van der Waals surface area contributed by atoms with Crippen LogP contribution < -0.4 is 5.73 Å². The molecule has 1 unspecified atom stereocenters. The van der Waals surface area contributed by atoms with E-state index in [4.69, 9.17) is 5.73 Å². The largest absolute Gasteiger partial charge is 0.383 e. The first-order valence-electron chi connectivity index (χ1n) is 3.92. The van der Waals surface area contributed by atoms with Gasteiger partial charge < -0.3 is 10.8 Å². The molecule has 1 aromatic heterocycles. The van der Waals surface area contributed by atoms with Gasteiger partial charge in [-0.25, -0.2) is 4.98 Å². The van der Waals surface area contributed by atoms with Gasteiger partial charge in [-0.05, 0) is 33.2 Å². The quantitative estimate of drug-likeness (QED) is 0.638. The van der Waals surface area contributed by atoms with Gasteiger partial charge in [0, 0.05) is 11.8 Å². The summed E-state index contributed by atoms with van der Waals surface area (Å²) in [6, 6.07) is 3.42. The van der Waals surface area contributed by atoms with Crippen LogP contribution in [-0.2, 0) is 5.72 Å². The molecule has 1 aromatic rings. The Morgan fingerprint density at radius 3 is 2.69 bits per heavy atom. The fourth-order valence-electron chi connectivity index (χ4n) is 0.997. The maximum absolute atomic E-state index is 9.94. The van der Waals surface area contributed by atoms with Crippen LogP contribution >= 0.6 is 0 Å². The molecular formula is C9H14N3O. The number of rotatable bonds is 2. The molecular weight excluding hydrogens is 166 g/mol. The summed E-state index contributed by atoms with van der Waals surface area (Å²) in [5.74, 6) is 0.300. The minimum atomic E-state index is -1.32. The summed E-state index contributed by atoms with van der Waals surface area (Å²) in [5, 5.41) is 9.94. The van der Waals surface area contributed by atoms with E-state index in [9.17, 15) is 5.11 Å². The summed E-state index contributed by atoms with van der Waals surface area (Å²) in [5.41, 5.74) is 4.80. The van der Waals surface area contributed by atoms with Crippen LogP contribution in [0.3, 0.4) is 0 Å². The Bertz CT molecular complexity index is 297. The standard InChI is InChI=1S/C9H14N3O/c1-9(13,12(2)3)7-5-4-6-11-8(7)10/h4-6,13H,1H2,2-3H3,(H2,10,11). The summed E-state index contributed by atoms with van der Waals surface area (Å²) in [4.78, 5) is 5.45. The molecule has 0 bridgehead atoms. The molecule has 0 aliphatic heterocycles. The average molecular weight is 180 g/mol. The zero-order chi connectivity index (χ0) is 10.1. The van der Waals surface area contributed by atoms with E-state index < -0.39 is 5.72 Å². The highest BCUT2D eigenvalue weighted by Crippen LogP contribution is 2.25. The monoisotopic (exact) mass is 180 g/mol. The number of nitrogens with zero attached hydrogens (tertiary/aromatic N) is 2. The smallest absolute Gasteiger partial charge is 0.147 e. The first-order chi connectivity index (χ1) is 5.96. The molecule has 0 amide bonds. The van der Waals surface area contributed by atoms with Crippen LogP contribution in [0.4, 0.5) is 5.82 Å². The third-order valence-corrected chi connectivity index (χ3v) is 2.01. The molecule has 4 nitrogen and oxygen atoms in total. The normalized spacial score (nSPS) is 15.8. The fourth-order valence-corrected chi connectivity index (χ4v) is 0.997. The zero-order valence-electron chi connectivity index (χ0n) is 7.86. The van der Waals surface area contributed by atoms with Gasteiger partial charge in [-0.1, -0.05) is 0 Å². The Morgan fingerprint density at radius 1 is 1.62 bits per heavy atom. The predicted molar refractivity (Wildman–Crippen MR) is 51.6 cm³/mol. The van der Waals surface area contributed by atoms with Crippen molar-refractivity contribution in [3.63, 3.8) is 0 Å². The highest BCUT2D eigenvalue weighted by Gasteiger charge is 2.28. The van der Waals surface area contributed by atoms with Gasteiger partial charge >= 0.3 is 0 Å². The van der Waals surface area contributed by atoms with Crippen molar-refractivity contribution >= 4 is 5.82 Å². The molecule has 0 saturated heterocycles. The van der Waals surface area contributed by atoms with Crippen molar-refractivity contribution in [2.24, 2.45) is 0 Å². The van der Waals surface area contributed by atoms with Crippen LogP contribution in [0, 0.1) is 6.92 Å². The lowest BCUT2D eigenvalue weighted by Crippen LogP contribution is -2.39. The summed E-state index contributed by atoms with van der Waals surface area (Å²) < 4.78 is 0. The average Bonchev–Trinajstić information content (AvgIpc) is 2.04. The first kappa shape index (κ1) is 9.95. The Kier molecular flexibility index (Phi) is 2.54. The van der Waals surface area contributed by atoms with Crippen molar-refractivity contribution in [3.8, 4) is 0 Å². The lowest BCUT2D eigenvalue weighted by atomic mass is 10.1. The maximum Gasteiger partial charge on any atom is 0.147 e. The van der Waals surface area contributed by atoms with Gasteiger partial charge in [0.25, 0.3) is 0 Å². The second kappa shape index (κ2) is 3.32. The molecule has 0 aliphatic carbocycles. The van der Waals surface area contributed by atoms with Crippen molar-refractivity contribution in [2.75, 3.05) is 19.8 Å². The van der Waals surface area contributed by atoms with Crippen LogP contribution in [0.1, 0.15) is 5.56 Å². The van der Waals surface area contributed by atoms with E-state index in [1.807, 2.05) is 0 Å². The van der Waals surface area contributed by atoms with E-state index in [-0.39, 0.29) is 0 Å². The molecule has 4 heteroatoms. The van der Waals surface area contributed by atoms with E-state index in [0.717, 1.165) is 0 Å². The SMILES string of the molecule is [CH2]C(O)(c1cccnc1N)N(C)C. The Balaban J connectivity index is 3.14. The number of anilines is 1. The number of hydrogen-bond acceptors (Lipinski definition) is 4. The number of hydrogen-bond donors (Lipinski definition) is 2. The molecule has 0 fully saturated rings. The summed E-state index contributed by atoms with van der Waals surface area (Å²) in [6.07, 6.45) is 1.57. The lowest BCUT2D eigenvalue weighted by molar-refractivity contribution is -0.0459. The maximum atomic E-state index is 9.94. The summed E-state index contributed by atoms with van der Waals surface area (Å²) in [7, 11) is 3.44. The van der Waals surface area contributed by atoms with E-state index >= 15 is 0 Å². The minimum absolute atomic E-state index is 0.300. The molecule has 1 rings (SSSR count). The summed E-state index contributed by atoms with van der Waals surface area (Å²) in [6.45, 7) is 3.66. The van der Waals surface area contributed by atoms with Gasteiger partial charge in [-0.3, -0.25) is 4.90 Å². The van der Waals surface area contributed by atoms with Crippen LogP contribution in [-0.4, -0.2) is 29.1 Å². The molecule has 71 valence electrons. The van der Waals surface area contributed by atoms with E-state index in [1.165, 1.54) is 0 Å². The van der Waals surface area contributed by atoms with Crippen LogP contribution in [0.15, 0.2) is 18.3 Å². The van der Waals surface area contributed by atoms with Crippen molar-refractivity contribution in [2.45, 2.75) is 5.72 Å². The molecule has 0 saturated carbocycles. The molecule has 13 heavy (non-hydrogen) atoms. The minimum Gasteiger partial charge on any atom is -0.383 e. The molecule has 1 heterocycles. The van der Waals surface area contributed by atoms with Gasteiger partial charge in [-0.15, -0.1) is 0 Å². The molecule has 0 aliphatic rings. The molecule has 0 spiro atoms. The Labute approximate surface area is 78.0 Å². The number of pyridine rings is 1. The van der Waals surface area contributed by atoms with Gasteiger partial charge in [-0.2, -0.15) is 0 Å². The molecule has 0 aromatic carbocycles. The topological polar surface area (TPSA) is 62.4 Å².